The SMILES string of the molecule is C[C@H](NC(=O)N1C(=O)C[C@@H]1Sc1ccccc1F)c1ccccc1. The summed E-state index contributed by atoms with van der Waals surface area (Å²) in [7, 11) is 0. The average Bonchev–Trinajstić information content (AvgIpc) is 2.56. The van der Waals surface area contributed by atoms with Crippen LogP contribution in [0.15, 0.2) is 59.5 Å². The Morgan fingerprint density at radius 2 is 1.88 bits per heavy atom. The zero-order valence-corrected chi connectivity index (χ0v) is 13.9. The molecule has 0 aromatic heterocycles. The van der Waals surface area contributed by atoms with Crippen LogP contribution in [0.4, 0.5) is 9.18 Å². The molecule has 0 radical (unpaired) electrons. The highest BCUT2D eigenvalue weighted by molar-refractivity contribution is 8.00. The maximum absolute atomic E-state index is 13.7. The number of urea groups is 1. The number of imide groups is 1. The molecular weight excluding hydrogens is 327 g/mol. The monoisotopic (exact) mass is 344 g/mol. The number of nitrogens with one attached hydrogen (secondary N) is 1. The second-order valence-corrected chi connectivity index (χ2v) is 6.77. The number of rotatable bonds is 4. The Kier molecular flexibility index (Phi) is 4.85. The van der Waals surface area contributed by atoms with Crippen LogP contribution in [-0.4, -0.2) is 22.2 Å². The Morgan fingerprint density at radius 1 is 1.21 bits per heavy atom. The Hall–Kier alpha value is -2.34. The third-order valence-electron chi connectivity index (χ3n) is 3.86. The summed E-state index contributed by atoms with van der Waals surface area (Å²) in [5, 5.41) is 2.44. The lowest BCUT2D eigenvalue weighted by Crippen LogP contribution is -2.57. The second kappa shape index (κ2) is 7.05. The number of halogens is 1. The highest BCUT2D eigenvalue weighted by Crippen LogP contribution is 2.36. The summed E-state index contributed by atoms with van der Waals surface area (Å²) in [6.07, 6.45) is 0.228. The molecule has 3 rings (SSSR count). The summed E-state index contributed by atoms with van der Waals surface area (Å²) in [6.45, 7) is 1.86. The van der Waals surface area contributed by atoms with Crippen molar-refractivity contribution < 1.29 is 14.0 Å². The smallest absolute Gasteiger partial charge is 0.325 e. The van der Waals surface area contributed by atoms with Crippen LogP contribution in [0.5, 0.6) is 0 Å². The van der Waals surface area contributed by atoms with Crippen LogP contribution in [0.25, 0.3) is 0 Å². The van der Waals surface area contributed by atoms with Gasteiger partial charge in [-0.05, 0) is 24.6 Å². The summed E-state index contributed by atoms with van der Waals surface area (Å²) < 4.78 is 13.7. The fraction of sp³-hybridized carbons (Fsp3) is 0.222. The number of thioether (sulfide) groups is 1. The van der Waals surface area contributed by atoms with Crippen molar-refractivity contribution in [2.24, 2.45) is 0 Å². The van der Waals surface area contributed by atoms with Crippen LogP contribution in [0.2, 0.25) is 0 Å². The second-order valence-electron chi connectivity index (χ2n) is 5.55. The lowest BCUT2D eigenvalue weighted by Gasteiger charge is -2.38. The van der Waals surface area contributed by atoms with Gasteiger partial charge in [-0.25, -0.2) is 9.18 Å². The summed E-state index contributed by atoms with van der Waals surface area (Å²) in [5.74, 6) is -0.596. The molecule has 1 aliphatic rings. The molecule has 1 N–H and O–H groups in total. The van der Waals surface area contributed by atoms with E-state index in [9.17, 15) is 14.0 Å². The molecule has 24 heavy (non-hydrogen) atoms. The largest absolute Gasteiger partial charge is 0.331 e. The van der Waals surface area contributed by atoms with Gasteiger partial charge < -0.3 is 5.32 Å². The van der Waals surface area contributed by atoms with E-state index in [-0.39, 0.29) is 29.6 Å². The van der Waals surface area contributed by atoms with E-state index >= 15 is 0 Å². The molecule has 3 amide bonds. The van der Waals surface area contributed by atoms with Crippen molar-refractivity contribution in [1.82, 2.24) is 10.2 Å². The van der Waals surface area contributed by atoms with Gasteiger partial charge >= 0.3 is 6.03 Å². The molecule has 0 spiro atoms. The van der Waals surface area contributed by atoms with E-state index in [0.29, 0.717) is 4.90 Å². The number of carbonyl (C=O) groups excluding carboxylic acids is 2. The molecule has 1 heterocycles. The third kappa shape index (κ3) is 3.43. The molecule has 0 aliphatic carbocycles. The van der Waals surface area contributed by atoms with E-state index in [4.69, 9.17) is 0 Å². The average molecular weight is 344 g/mol. The highest BCUT2D eigenvalue weighted by atomic mass is 32.2. The Labute approximate surface area is 144 Å². The number of benzene rings is 2. The molecular formula is C18H17FN2O2S. The first kappa shape index (κ1) is 16.5. The molecule has 0 bridgehead atoms. The molecule has 1 aliphatic heterocycles. The van der Waals surface area contributed by atoms with Crippen LogP contribution in [0.3, 0.4) is 0 Å². The summed E-state index contributed by atoms with van der Waals surface area (Å²) in [5.41, 5.74) is 0.956. The Morgan fingerprint density at radius 3 is 2.54 bits per heavy atom. The highest BCUT2D eigenvalue weighted by Gasteiger charge is 2.42. The lowest BCUT2D eigenvalue weighted by atomic mass is 10.1. The van der Waals surface area contributed by atoms with Gasteiger partial charge in [0.25, 0.3) is 0 Å². The fourth-order valence-electron chi connectivity index (χ4n) is 2.49. The van der Waals surface area contributed by atoms with Crippen LogP contribution >= 0.6 is 11.8 Å². The molecule has 1 saturated heterocycles. The maximum atomic E-state index is 13.7. The molecule has 124 valence electrons. The number of amides is 3. The first-order valence-corrected chi connectivity index (χ1v) is 8.53. The molecule has 0 saturated carbocycles. The van der Waals surface area contributed by atoms with Crippen LogP contribution in [0.1, 0.15) is 24.9 Å². The lowest BCUT2D eigenvalue weighted by molar-refractivity contribution is -0.137. The standard InChI is InChI=1S/C18H17FN2O2S/c1-12(13-7-3-2-4-8-13)20-18(23)21-16(22)11-17(21)24-15-10-6-5-9-14(15)19/h2-10,12,17H,11H2,1H3,(H,20,23)/t12-,17-/m0/s1. The number of nitrogens with zero attached hydrogens (tertiary/aromatic N) is 1. The van der Waals surface area contributed by atoms with E-state index in [0.717, 1.165) is 10.5 Å². The predicted octanol–water partition coefficient (Wildman–Crippen LogP) is 3.95. The van der Waals surface area contributed by atoms with Gasteiger partial charge in [-0.15, -0.1) is 0 Å². The first-order chi connectivity index (χ1) is 11.6. The quantitative estimate of drug-likeness (QED) is 0.855. The van der Waals surface area contributed by atoms with Gasteiger partial charge in [-0.2, -0.15) is 0 Å². The molecule has 2 aromatic carbocycles. The van der Waals surface area contributed by atoms with Crippen molar-refractivity contribution in [3.8, 4) is 0 Å². The van der Waals surface area contributed by atoms with Gasteiger partial charge in [0, 0.05) is 4.90 Å². The fourth-order valence-corrected chi connectivity index (χ4v) is 3.67. The number of likely N-dealkylation sites (tertiary alicyclic amines) is 1. The van der Waals surface area contributed by atoms with Gasteiger partial charge in [0.2, 0.25) is 5.91 Å². The van der Waals surface area contributed by atoms with E-state index in [1.165, 1.54) is 17.8 Å². The van der Waals surface area contributed by atoms with E-state index < -0.39 is 6.03 Å². The topological polar surface area (TPSA) is 49.4 Å². The normalized spacial score (nSPS) is 18.0. The molecule has 2 atom stereocenters. The van der Waals surface area contributed by atoms with E-state index in [2.05, 4.69) is 5.32 Å². The third-order valence-corrected chi connectivity index (χ3v) is 5.10. The van der Waals surface area contributed by atoms with Crippen LogP contribution in [0, 0.1) is 5.82 Å². The van der Waals surface area contributed by atoms with Crippen LogP contribution in [-0.2, 0) is 4.79 Å². The van der Waals surface area contributed by atoms with Crippen LogP contribution < -0.4 is 5.32 Å². The first-order valence-electron chi connectivity index (χ1n) is 7.65. The maximum Gasteiger partial charge on any atom is 0.325 e. The molecule has 0 unspecified atom stereocenters. The van der Waals surface area contributed by atoms with Crippen molar-refractivity contribution in [1.29, 1.82) is 0 Å². The van der Waals surface area contributed by atoms with E-state index in [1.807, 2.05) is 37.3 Å². The van der Waals surface area contributed by atoms with E-state index in [1.54, 1.807) is 18.2 Å². The zero-order chi connectivity index (χ0) is 17.1. The van der Waals surface area contributed by atoms with Gasteiger partial charge in [-0.3, -0.25) is 9.69 Å². The van der Waals surface area contributed by atoms with Crippen molar-refractivity contribution >= 4 is 23.7 Å². The van der Waals surface area contributed by atoms with Gasteiger partial charge in [-0.1, -0.05) is 54.2 Å². The Balaban J connectivity index is 1.65. The Bertz CT molecular complexity index is 754. The minimum atomic E-state index is -0.448. The van der Waals surface area contributed by atoms with Crippen molar-refractivity contribution in [2.45, 2.75) is 29.7 Å². The zero-order valence-electron chi connectivity index (χ0n) is 13.1. The summed E-state index contributed by atoms with van der Waals surface area (Å²) in [4.78, 5) is 25.8. The number of carbonyl (C=O) groups is 2. The number of hydrogen-bond donors (Lipinski definition) is 1. The molecule has 4 nitrogen and oxygen atoms in total. The molecule has 6 heteroatoms. The summed E-state index contributed by atoms with van der Waals surface area (Å²) in [6, 6.07) is 15.2. The number of hydrogen-bond acceptors (Lipinski definition) is 3. The summed E-state index contributed by atoms with van der Waals surface area (Å²) >= 11 is 1.19. The van der Waals surface area contributed by atoms with Gasteiger partial charge in [0.1, 0.15) is 11.2 Å². The minimum absolute atomic E-state index is 0.216. The van der Waals surface area contributed by atoms with Gasteiger partial charge in [0.05, 0.1) is 12.5 Å². The van der Waals surface area contributed by atoms with Crippen molar-refractivity contribution in [3.63, 3.8) is 0 Å². The molecule has 2 aromatic rings. The number of β-lactam (4-membered cyclic amide) rings is 1. The van der Waals surface area contributed by atoms with Crippen molar-refractivity contribution in [2.75, 3.05) is 0 Å². The van der Waals surface area contributed by atoms with Crippen molar-refractivity contribution in [3.05, 3.63) is 66.0 Å². The predicted molar refractivity (Wildman–Crippen MR) is 90.9 cm³/mol. The minimum Gasteiger partial charge on any atom is -0.331 e. The van der Waals surface area contributed by atoms with Gasteiger partial charge in [0.15, 0.2) is 0 Å². The molecule has 1 fully saturated rings.